The summed E-state index contributed by atoms with van der Waals surface area (Å²) < 4.78 is 10.9. The van der Waals surface area contributed by atoms with Crippen LogP contribution in [-0.4, -0.2) is 32.9 Å². The Labute approximate surface area is 109 Å². The zero-order chi connectivity index (χ0) is 13.0. The summed E-state index contributed by atoms with van der Waals surface area (Å²) in [6, 6.07) is 6.39. The topological polar surface area (TPSA) is 30.5 Å². The van der Waals surface area contributed by atoms with Crippen molar-refractivity contribution in [3.8, 4) is 5.75 Å². The van der Waals surface area contributed by atoms with E-state index in [2.05, 4.69) is 30.4 Å². The Hall–Kier alpha value is -1.06. The predicted molar refractivity (Wildman–Crippen MR) is 73.3 cm³/mol. The number of rotatable bonds is 4. The van der Waals surface area contributed by atoms with E-state index in [0.29, 0.717) is 0 Å². The molecule has 3 heteroatoms. The molecule has 0 saturated carbocycles. The Kier molecular flexibility index (Phi) is 4.25. The maximum atomic E-state index is 5.47. The second-order valence-electron chi connectivity index (χ2n) is 5.13. The summed E-state index contributed by atoms with van der Waals surface area (Å²) in [5.41, 5.74) is 2.72. The Bertz CT molecular complexity index is 397. The quantitative estimate of drug-likeness (QED) is 0.888. The molecule has 100 valence electrons. The van der Waals surface area contributed by atoms with Crippen molar-refractivity contribution in [2.24, 2.45) is 0 Å². The highest BCUT2D eigenvalue weighted by Crippen LogP contribution is 2.29. The van der Waals surface area contributed by atoms with Crippen molar-refractivity contribution in [1.29, 1.82) is 0 Å². The van der Waals surface area contributed by atoms with Crippen LogP contribution in [0, 0.1) is 6.92 Å². The van der Waals surface area contributed by atoms with Crippen LogP contribution < -0.4 is 10.1 Å². The molecule has 1 saturated heterocycles. The van der Waals surface area contributed by atoms with E-state index in [1.165, 1.54) is 11.1 Å². The molecule has 3 nitrogen and oxygen atoms in total. The second kappa shape index (κ2) is 5.72. The van der Waals surface area contributed by atoms with Gasteiger partial charge in [-0.15, -0.1) is 0 Å². The van der Waals surface area contributed by atoms with Crippen molar-refractivity contribution < 1.29 is 9.47 Å². The molecule has 1 heterocycles. The first-order valence-electron chi connectivity index (χ1n) is 6.59. The van der Waals surface area contributed by atoms with Crippen LogP contribution in [0.15, 0.2) is 18.2 Å². The lowest BCUT2D eigenvalue weighted by molar-refractivity contribution is 0.0411. The van der Waals surface area contributed by atoms with Gasteiger partial charge in [0, 0.05) is 18.8 Å². The van der Waals surface area contributed by atoms with Crippen molar-refractivity contribution in [3.63, 3.8) is 0 Å². The van der Waals surface area contributed by atoms with E-state index in [1.54, 1.807) is 7.11 Å². The molecule has 2 rings (SSSR count). The smallest absolute Gasteiger partial charge is 0.122 e. The van der Waals surface area contributed by atoms with Crippen LogP contribution in [0.1, 0.15) is 24.0 Å². The normalized spacial score (nSPS) is 18.6. The van der Waals surface area contributed by atoms with Gasteiger partial charge >= 0.3 is 0 Å². The number of methoxy groups -OCH3 is 1. The summed E-state index contributed by atoms with van der Waals surface area (Å²) in [7, 11) is 3.79. The van der Waals surface area contributed by atoms with Crippen LogP contribution in [0.25, 0.3) is 0 Å². The molecule has 1 fully saturated rings. The summed E-state index contributed by atoms with van der Waals surface area (Å²) in [6.45, 7) is 3.81. The van der Waals surface area contributed by atoms with Gasteiger partial charge in [-0.3, -0.25) is 0 Å². The Morgan fingerprint density at radius 3 is 2.67 bits per heavy atom. The number of likely N-dealkylation sites (N-methyl/N-ethyl adjacent to an activating group) is 1. The average Bonchev–Trinajstić information content (AvgIpc) is 2.40. The fourth-order valence-electron chi connectivity index (χ4n) is 2.69. The summed E-state index contributed by atoms with van der Waals surface area (Å²) in [4.78, 5) is 0. The molecular weight excluding hydrogens is 226 g/mol. The molecule has 1 N–H and O–H groups in total. The largest absolute Gasteiger partial charge is 0.496 e. The van der Waals surface area contributed by atoms with E-state index in [-0.39, 0.29) is 5.54 Å². The van der Waals surface area contributed by atoms with Crippen LogP contribution in [0.2, 0.25) is 0 Å². The summed E-state index contributed by atoms with van der Waals surface area (Å²) in [5, 5.41) is 3.50. The first kappa shape index (κ1) is 13.4. The van der Waals surface area contributed by atoms with Gasteiger partial charge in [0.2, 0.25) is 0 Å². The van der Waals surface area contributed by atoms with Gasteiger partial charge in [-0.25, -0.2) is 0 Å². The minimum Gasteiger partial charge on any atom is -0.496 e. The summed E-state index contributed by atoms with van der Waals surface area (Å²) in [6.07, 6.45) is 3.11. The highest BCUT2D eigenvalue weighted by atomic mass is 16.5. The SMILES string of the molecule is CNC1(Cc2cc(C)ccc2OC)CCOCC1. The van der Waals surface area contributed by atoms with Crippen LogP contribution in [0.4, 0.5) is 0 Å². The van der Waals surface area contributed by atoms with Gasteiger partial charge in [0.15, 0.2) is 0 Å². The fraction of sp³-hybridized carbons (Fsp3) is 0.600. The molecule has 1 aromatic carbocycles. The molecule has 1 aliphatic heterocycles. The molecule has 1 aromatic rings. The molecule has 0 radical (unpaired) electrons. The predicted octanol–water partition coefficient (Wildman–Crippen LogP) is 2.31. The molecule has 0 atom stereocenters. The first-order valence-corrected chi connectivity index (χ1v) is 6.59. The van der Waals surface area contributed by atoms with Crippen LogP contribution in [0.3, 0.4) is 0 Å². The number of hydrogen-bond acceptors (Lipinski definition) is 3. The van der Waals surface area contributed by atoms with Gasteiger partial charge in [-0.05, 0) is 44.9 Å². The average molecular weight is 249 g/mol. The maximum absolute atomic E-state index is 5.47. The Morgan fingerprint density at radius 1 is 1.33 bits per heavy atom. The van der Waals surface area contributed by atoms with E-state index in [9.17, 15) is 0 Å². The fourth-order valence-corrected chi connectivity index (χ4v) is 2.69. The third kappa shape index (κ3) is 2.85. The van der Waals surface area contributed by atoms with Gasteiger partial charge < -0.3 is 14.8 Å². The second-order valence-corrected chi connectivity index (χ2v) is 5.13. The van der Waals surface area contributed by atoms with Crippen molar-refractivity contribution in [1.82, 2.24) is 5.32 Å². The monoisotopic (exact) mass is 249 g/mol. The minimum atomic E-state index is 0.152. The molecule has 1 aliphatic rings. The minimum absolute atomic E-state index is 0.152. The third-order valence-corrected chi connectivity index (χ3v) is 3.94. The van der Waals surface area contributed by atoms with E-state index in [0.717, 1.165) is 38.2 Å². The zero-order valence-corrected chi connectivity index (χ0v) is 11.6. The molecule has 0 aromatic heterocycles. The highest BCUT2D eigenvalue weighted by molar-refractivity contribution is 5.38. The van der Waals surface area contributed by atoms with Gasteiger partial charge in [-0.2, -0.15) is 0 Å². The van der Waals surface area contributed by atoms with Gasteiger partial charge in [0.1, 0.15) is 5.75 Å². The number of hydrogen-bond donors (Lipinski definition) is 1. The van der Waals surface area contributed by atoms with E-state index < -0.39 is 0 Å². The zero-order valence-electron chi connectivity index (χ0n) is 11.6. The summed E-state index contributed by atoms with van der Waals surface area (Å²) in [5.74, 6) is 0.988. The van der Waals surface area contributed by atoms with Crippen LogP contribution in [-0.2, 0) is 11.2 Å². The lowest BCUT2D eigenvalue weighted by Crippen LogP contribution is -2.49. The Balaban J connectivity index is 2.23. The Morgan fingerprint density at radius 2 is 2.06 bits per heavy atom. The molecule has 18 heavy (non-hydrogen) atoms. The molecule has 0 unspecified atom stereocenters. The van der Waals surface area contributed by atoms with Crippen LogP contribution >= 0.6 is 0 Å². The summed E-state index contributed by atoms with van der Waals surface area (Å²) >= 11 is 0. The first-order chi connectivity index (χ1) is 8.69. The molecular formula is C15H23NO2. The van der Waals surface area contributed by atoms with Gasteiger partial charge in [-0.1, -0.05) is 17.7 Å². The van der Waals surface area contributed by atoms with Crippen molar-refractivity contribution in [3.05, 3.63) is 29.3 Å². The van der Waals surface area contributed by atoms with Gasteiger partial charge in [0.05, 0.1) is 7.11 Å². The number of benzene rings is 1. The standard InChI is InChI=1S/C15H23NO2/c1-12-4-5-14(17-3)13(10-12)11-15(16-2)6-8-18-9-7-15/h4-5,10,16H,6-9,11H2,1-3H3. The van der Waals surface area contributed by atoms with E-state index in [4.69, 9.17) is 9.47 Å². The van der Waals surface area contributed by atoms with E-state index >= 15 is 0 Å². The van der Waals surface area contributed by atoms with Crippen molar-refractivity contribution in [2.45, 2.75) is 31.7 Å². The van der Waals surface area contributed by atoms with Crippen LogP contribution in [0.5, 0.6) is 5.75 Å². The highest BCUT2D eigenvalue weighted by Gasteiger charge is 2.31. The number of nitrogens with one attached hydrogen (secondary N) is 1. The number of ether oxygens (including phenoxy) is 2. The van der Waals surface area contributed by atoms with E-state index in [1.807, 2.05) is 7.05 Å². The van der Waals surface area contributed by atoms with Crippen molar-refractivity contribution in [2.75, 3.05) is 27.4 Å². The van der Waals surface area contributed by atoms with Crippen molar-refractivity contribution >= 4 is 0 Å². The molecule has 0 bridgehead atoms. The third-order valence-electron chi connectivity index (χ3n) is 3.94. The maximum Gasteiger partial charge on any atom is 0.122 e. The molecule has 0 aliphatic carbocycles. The lowest BCUT2D eigenvalue weighted by atomic mass is 9.83. The number of aryl methyl sites for hydroxylation is 1. The molecule has 0 amide bonds. The molecule has 0 spiro atoms. The van der Waals surface area contributed by atoms with Gasteiger partial charge in [0.25, 0.3) is 0 Å². The lowest BCUT2D eigenvalue weighted by Gasteiger charge is -2.37.